The normalized spacial score (nSPS) is 22.2. The quantitative estimate of drug-likeness (QED) is 0.379. The lowest BCUT2D eigenvalue weighted by Gasteiger charge is -2.36. The molecule has 2 unspecified atom stereocenters. The number of H-pyrrole nitrogens is 1. The summed E-state index contributed by atoms with van der Waals surface area (Å²) >= 11 is 0. The maximum absolute atomic E-state index is 14.4. The Morgan fingerprint density at radius 2 is 2.03 bits per heavy atom. The second-order valence-electron chi connectivity index (χ2n) is 8.41. The number of nitrogens with zero attached hydrogens (tertiary/aromatic N) is 5. The third kappa shape index (κ3) is 2.88. The molecule has 3 atom stereocenters. The second-order valence-corrected chi connectivity index (χ2v) is 8.41. The van der Waals surface area contributed by atoms with Crippen LogP contribution in [-0.4, -0.2) is 51.1 Å². The Bertz CT molecular complexity index is 1340. The average molecular weight is 435 g/mol. The first-order valence-electron chi connectivity index (χ1n) is 10.5. The number of nitrogens with one attached hydrogen (secondary N) is 2. The molecule has 11 heteroatoms. The van der Waals surface area contributed by atoms with Crippen molar-refractivity contribution in [2.75, 3.05) is 36.1 Å². The Morgan fingerprint density at radius 3 is 2.75 bits per heavy atom. The minimum absolute atomic E-state index is 0.141. The highest BCUT2D eigenvalue weighted by Crippen LogP contribution is 2.44. The Balaban J connectivity index is 1.53. The number of nitrogens with two attached hydrogens (primary N) is 2. The molecule has 32 heavy (non-hydrogen) atoms. The van der Waals surface area contributed by atoms with Crippen LogP contribution in [0.15, 0.2) is 24.5 Å². The van der Waals surface area contributed by atoms with Crippen molar-refractivity contribution >= 4 is 39.4 Å². The number of nitrogen functional groups attached to an aromatic ring is 1. The highest BCUT2D eigenvalue weighted by Gasteiger charge is 2.46. The summed E-state index contributed by atoms with van der Waals surface area (Å²) in [6.07, 6.45) is 3.93. The first-order chi connectivity index (χ1) is 15.5. The second kappa shape index (κ2) is 6.89. The number of rotatable bonds is 4. The van der Waals surface area contributed by atoms with Crippen molar-refractivity contribution in [1.29, 1.82) is 0 Å². The summed E-state index contributed by atoms with van der Waals surface area (Å²) in [6, 6.07) is 3.30. The molecular formula is C21H22FN9O. The highest BCUT2D eigenvalue weighted by atomic mass is 19.1. The van der Waals surface area contributed by atoms with Gasteiger partial charge in [-0.05, 0) is 30.4 Å². The predicted octanol–water partition coefficient (Wildman–Crippen LogP) is 2.24. The molecule has 10 nitrogen and oxygen atoms in total. The van der Waals surface area contributed by atoms with E-state index >= 15 is 0 Å². The van der Waals surface area contributed by atoms with Crippen LogP contribution in [0.1, 0.15) is 6.42 Å². The fraction of sp³-hybridized carbons (Fsp3) is 0.333. The van der Waals surface area contributed by atoms with Gasteiger partial charge < -0.3 is 31.4 Å². The van der Waals surface area contributed by atoms with E-state index in [0.717, 1.165) is 30.4 Å². The zero-order valence-electron chi connectivity index (χ0n) is 17.3. The smallest absolute Gasteiger partial charge is 0.326 e. The lowest BCUT2D eigenvalue weighted by atomic mass is 9.72. The minimum Gasteiger partial charge on any atom is -0.421 e. The molecule has 0 radical (unpaired) electrons. The summed E-state index contributed by atoms with van der Waals surface area (Å²) in [7, 11) is 1.75. The lowest BCUT2D eigenvalue weighted by Crippen LogP contribution is -2.46. The van der Waals surface area contributed by atoms with Crippen LogP contribution in [0.25, 0.3) is 21.9 Å². The molecule has 4 heterocycles. The summed E-state index contributed by atoms with van der Waals surface area (Å²) in [5, 5.41) is 4.51. The van der Waals surface area contributed by atoms with Crippen LogP contribution < -0.4 is 26.4 Å². The summed E-state index contributed by atoms with van der Waals surface area (Å²) in [4.78, 5) is 22.7. The monoisotopic (exact) mass is 435 g/mol. The SMILES string of the molecule is CNc1cc(F)cc2c1[nH]c1nc(Oc3cnc(N)nc3)nc(N3CC4C[C@@H](N)C4C3)c12. The van der Waals surface area contributed by atoms with Gasteiger partial charge in [-0.2, -0.15) is 9.97 Å². The maximum atomic E-state index is 14.4. The molecule has 6 N–H and O–H groups in total. The number of ether oxygens (including phenoxy) is 1. The van der Waals surface area contributed by atoms with Gasteiger partial charge in [-0.1, -0.05) is 0 Å². The third-order valence-electron chi connectivity index (χ3n) is 6.53. The van der Waals surface area contributed by atoms with Gasteiger partial charge in [-0.15, -0.1) is 0 Å². The molecule has 0 amide bonds. The van der Waals surface area contributed by atoms with Gasteiger partial charge >= 0.3 is 6.01 Å². The van der Waals surface area contributed by atoms with Crippen molar-refractivity contribution in [2.24, 2.45) is 17.6 Å². The van der Waals surface area contributed by atoms with Gasteiger partial charge in [-0.25, -0.2) is 14.4 Å². The van der Waals surface area contributed by atoms with Crippen molar-refractivity contribution in [3.05, 3.63) is 30.3 Å². The molecule has 1 aliphatic heterocycles. The fourth-order valence-electron chi connectivity index (χ4n) is 4.91. The standard InChI is InChI=1S/C21H22FN9O/c1-25-15-4-10(22)3-12-16-18(28-17(12)15)29-21(32-11-5-26-20(24)27-6-11)30-19(16)31-7-9-2-14(23)13(9)8-31/h3-6,9,13-14,25H,2,7-8,23H2,1H3,(H2,24,26,27)(H,28,29,30)/t9?,13?,14-/m1/s1. The van der Waals surface area contributed by atoms with E-state index in [-0.39, 0.29) is 23.8 Å². The van der Waals surface area contributed by atoms with E-state index in [1.807, 2.05) is 0 Å². The fourth-order valence-corrected chi connectivity index (χ4v) is 4.91. The Morgan fingerprint density at radius 1 is 1.22 bits per heavy atom. The topological polar surface area (TPSA) is 144 Å². The van der Waals surface area contributed by atoms with E-state index in [2.05, 4.69) is 30.2 Å². The van der Waals surface area contributed by atoms with Gasteiger partial charge in [0.1, 0.15) is 17.3 Å². The summed E-state index contributed by atoms with van der Waals surface area (Å²) in [5.41, 5.74) is 13.7. The molecule has 3 aromatic heterocycles. The first kappa shape index (κ1) is 19.0. The summed E-state index contributed by atoms with van der Waals surface area (Å²) < 4.78 is 20.3. The summed E-state index contributed by atoms with van der Waals surface area (Å²) in [5.74, 6) is 1.85. The molecule has 2 fully saturated rings. The number of fused-ring (bicyclic) bond motifs is 4. The Hall–Kier alpha value is -3.73. The van der Waals surface area contributed by atoms with Gasteiger partial charge in [0.2, 0.25) is 5.95 Å². The van der Waals surface area contributed by atoms with E-state index in [4.69, 9.17) is 21.2 Å². The number of anilines is 3. The predicted molar refractivity (Wildman–Crippen MR) is 119 cm³/mol. The largest absolute Gasteiger partial charge is 0.421 e. The molecule has 1 saturated carbocycles. The van der Waals surface area contributed by atoms with Crippen molar-refractivity contribution in [3.8, 4) is 11.8 Å². The van der Waals surface area contributed by atoms with Gasteiger partial charge in [0.15, 0.2) is 5.75 Å². The minimum atomic E-state index is -0.337. The van der Waals surface area contributed by atoms with Crippen molar-refractivity contribution in [2.45, 2.75) is 12.5 Å². The van der Waals surface area contributed by atoms with E-state index in [1.165, 1.54) is 24.5 Å². The van der Waals surface area contributed by atoms with Crippen LogP contribution in [-0.2, 0) is 0 Å². The zero-order chi connectivity index (χ0) is 22.0. The lowest BCUT2D eigenvalue weighted by molar-refractivity contribution is 0.194. The van der Waals surface area contributed by atoms with E-state index in [1.54, 1.807) is 7.05 Å². The van der Waals surface area contributed by atoms with E-state index in [9.17, 15) is 4.39 Å². The highest BCUT2D eigenvalue weighted by molar-refractivity contribution is 6.14. The molecule has 1 saturated heterocycles. The van der Waals surface area contributed by atoms with Crippen molar-refractivity contribution < 1.29 is 9.13 Å². The number of halogens is 1. The van der Waals surface area contributed by atoms with Crippen LogP contribution in [0.2, 0.25) is 0 Å². The number of hydrogen-bond donors (Lipinski definition) is 4. The van der Waals surface area contributed by atoms with Crippen LogP contribution in [0.4, 0.5) is 21.8 Å². The first-order valence-corrected chi connectivity index (χ1v) is 10.5. The van der Waals surface area contributed by atoms with Gasteiger partial charge in [0.25, 0.3) is 0 Å². The Kier molecular flexibility index (Phi) is 4.09. The molecule has 164 valence electrons. The van der Waals surface area contributed by atoms with Crippen molar-refractivity contribution in [3.63, 3.8) is 0 Å². The molecule has 4 aromatic rings. The number of benzene rings is 1. The molecule has 6 rings (SSSR count). The zero-order valence-corrected chi connectivity index (χ0v) is 17.3. The summed E-state index contributed by atoms with van der Waals surface area (Å²) in [6.45, 7) is 1.64. The van der Waals surface area contributed by atoms with Gasteiger partial charge in [0, 0.05) is 31.6 Å². The van der Waals surface area contributed by atoms with Crippen LogP contribution in [0.5, 0.6) is 11.8 Å². The molecule has 0 bridgehead atoms. The van der Waals surface area contributed by atoms with Crippen LogP contribution in [0, 0.1) is 17.7 Å². The Labute approximate surface area is 182 Å². The molecular weight excluding hydrogens is 413 g/mol. The van der Waals surface area contributed by atoms with Gasteiger partial charge in [0.05, 0.1) is 29.0 Å². The third-order valence-corrected chi connectivity index (χ3v) is 6.53. The maximum Gasteiger partial charge on any atom is 0.326 e. The number of hydrogen-bond acceptors (Lipinski definition) is 9. The molecule has 1 aliphatic carbocycles. The average Bonchev–Trinajstić information content (AvgIpc) is 3.31. The van der Waals surface area contributed by atoms with Crippen molar-refractivity contribution in [1.82, 2.24) is 24.9 Å². The van der Waals surface area contributed by atoms with E-state index < -0.39 is 0 Å². The number of aromatic nitrogens is 5. The molecule has 0 spiro atoms. The van der Waals surface area contributed by atoms with E-state index in [0.29, 0.717) is 40.1 Å². The van der Waals surface area contributed by atoms with Gasteiger partial charge in [-0.3, -0.25) is 0 Å². The van der Waals surface area contributed by atoms with Crippen LogP contribution in [0.3, 0.4) is 0 Å². The molecule has 1 aromatic carbocycles. The number of aromatic amines is 1. The van der Waals surface area contributed by atoms with Crippen LogP contribution >= 0.6 is 0 Å². The molecule has 2 aliphatic rings.